The van der Waals surface area contributed by atoms with Gasteiger partial charge in [0.25, 0.3) is 0 Å². The Morgan fingerprint density at radius 2 is 2.18 bits per heavy atom. The highest BCUT2D eigenvalue weighted by molar-refractivity contribution is 5.60. The Morgan fingerprint density at radius 1 is 1.45 bits per heavy atom. The van der Waals surface area contributed by atoms with E-state index in [0.717, 1.165) is 12.4 Å². The molecule has 1 aromatic carbocycles. The number of hydrogen-bond donors (Lipinski definition) is 0. The van der Waals surface area contributed by atoms with Gasteiger partial charge in [-0.25, -0.2) is 8.78 Å². The summed E-state index contributed by atoms with van der Waals surface area (Å²) in [6, 6.07) is 4.82. The van der Waals surface area contributed by atoms with Gasteiger partial charge in [-0.1, -0.05) is 12.1 Å². The summed E-state index contributed by atoms with van der Waals surface area (Å²) >= 11 is 0. The van der Waals surface area contributed by atoms with E-state index >= 15 is 0 Å². The molecule has 0 fully saturated rings. The average Bonchev–Trinajstić information content (AvgIpc) is 2.03. The Kier molecular flexibility index (Phi) is 2.31. The molecule has 0 aromatic heterocycles. The molecule has 1 nitrogen and oxygen atoms in total. The fourth-order valence-electron chi connectivity index (χ4n) is 0.732. The molecule has 3 heteroatoms. The lowest BCUT2D eigenvalue weighted by Crippen LogP contribution is -1.92. The van der Waals surface area contributed by atoms with Crippen molar-refractivity contribution < 1.29 is 13.6 Å². The molecule has 1 radical (unpaired) electrons. The van der Waals surface area contributed by atoms with E-state index in [-0.39, 0.29) is 5.56 Å². The van der Waals surface area contributed by atoms with Gasteiger partial charge >= 0.3 is 0 Å². The van der Waals surface area contributed by atoms with Gasteiger partial charge in [0.05, 0.1) is 0 Å². The van der Waals surface area contributed by atoms with Crippen molar-refractivity contribution in [2.24, 2.45) is 0 Å². The molecule has 0 aliphatic carbocycles. The molecule has 0 aliphatic heterocycles. The van der Waals surface area contributed by atoms with E-state index in [1.807, 2.05) is 0 Å². The average molecular weight is 155 g/mol. The standard InChI is InChI=1S/C8H5F2O/c9-7-3-1-2-6(4-7)8(10)5-11/h1-4,8H. The number of carbonyl (C=O) groups excluding carboxylic acids is 1. The Labute approximate surface area is 62.7 Å². The van der Waals surface area contributed by atoms with E-state index in [9.17, 15) is 13.6 Å². The molecular weight excluding hydrogens is 150 g/mol. The lowest BCUT2D eigenvalue weighted by atomic mass is 10.1. The van der Waals surface area contributed by atoms with Gasteiger partial charge in [0, 0.05) is 0 Å². The molecule has 0 saturated carbocycles. The molecule has 0 saturated heterocycles. The van der Waals surface area contributed by atoms with Crippen LogP contribution in [0.15, 0.2) is 24.3 Å². The SMILES string of the molecule is O=[C]C(F)c1cccc(F)c1. The summed E-state index contributed by atoms with van der Waals surface area (Å²) in [6.45, 7) is 0. The molecule has 1 aromatic rings. The van der Waals surface area contributed by atoms with E-state index in [2.05, 4.69) is 0 Å². The van der Waals surface area contributed by atoms with Gasteiger partial charge in [0.15, 0.2) is 6.17 Å². The maximum atomic E-state index is 12.5. The van der Waals surface area contributed by atoms with E-state index in [0.29, 0.717) is 0 Å². The quantitative estimate of drug-likeness (QED) is 0.637. The second-order valence-corrected chi connectivity index (χ2v) is 2.04. The molecule has 0 amide bonds. The third-order valence-corrected chi connectivity index (χ3v) is 1.24. The van der Waals surface area contributed by atoms with Crippen molar-refractivity contribution in [3.8, 4) is 0 Å². The van der Waals surface area contributed by atoms with Gasteiger partial charge in [-0.3, -0.25) is 4.79 Å². The van der Waals surface area contributed by atoms with Gasteiger partial charge < -0.3 is 0 Å². The zero-order chi connectivity index (χ0) is 8.27. The van der Waals surface area contributed by atoms with E-state index in [4.69, 9.17) is 0 Å². The zero-order valence-corrected chi connectivity index (χ0v) is 5.55. The van der Waals surface area contributed by atoms with Gasteiger partial charge in [0.2, 0.25) is 6.29 Å². The predicted octanol–water partition coefficient (Wildman–Crippen LogP) is 1.95. The normalized spacial score (nSPS) is 12.5. The summed E-state index contributed by atoms with van der Waals surface area (Å²) in [6.07, 6.45) is -0.717. The van der Waals surface area contributed by atoms with Gasteiger partial charge in [-0.15, -0.1) is 0 Å². The maximum Gasteiger partial charge on any atom is 0.240 e. The summed E-state index contributed by atoms with van der Waals surface area (Å²) in [7, 11) is 0. The van der Waals surface area contributed by atoms with Crippen LogP contribution in [0, 0.1) is 5.82 Å². The number of rotatable bonds is 2. The molecule has 0 aliphatic rings. The second kappa shape index (κ2) is 3.23. The molecule has 57 valence electrons. The Balaban J connectivity index is 2.95. The van der Waals surface area contributed by atoms with Crippen LogP contribution in [-0.4, -0.2) is 6.29 Å². The van der Waals surface area contributed by atoms with Crippen LogP contribution in [0.1, 0.15) is 11.7 Å². The minimum Gasteiger partial charge on any atom is -0.287 e. The number of benzene rings is 1. The lowest BCUT2D eigenvalue weighted by Gasteiger charge is -1.97. The molecule has 1 unspecified atom stereocenters. The van der Waals surface area contributed by atoms with Crippen LogP contribution in [0.4, 0.5) is 8.78 Å². The first-order chi connectivity index (χ1) is 5.24. The molecule has 0 spiro atoms. The molecular formula is C8H5F2O. The summed E-state index contributed by atoms with van der Waals surface area (Å²) in [4.78, 5) is 9.79. The van der Waals surface area contributed by atoms with Crippen molar-refractivity contribution in [2.75, 3.05) is 0 Å². The second-order valence-electron chi connectivity index (χ2n) is 2.04. The summed E-state index contributed by atoms with van der Waals surface area (Å²) < 4.78 is 24.8. The minimum atomic E-state index is -1.84. The summed E-state index contributed by atoms with van der Waals surface area (Å²) in [5.74, 6) is -0.555. The Hall–Kier alpha value is -1.25. The van der Waals surface area contributed by atoms with E-state index in [1.54, 1.807) is 0 Å². The van der Waals surface area contributed by atoms with Crippen LogP contribution in [0.25, 0.3) is 0 Å². The van der Waals surface area contributed by atoms with Gasteiger partial charge in [-0.2, -0.15) is 0 Å². The van der Waals surface area contributed by atoms with Gasteiger partial charge in [-0.05, 0) is 17.7 Å². The fourth-order valence-corrected chi connectivity index (χ4v) is 0.732. The van der Waals surface area contributed by atoms with Crippen molar-refractivity contribution >= 4 is 6.29 Å². The van der Waals surface area contributed by atoms with Gasteiger partial charge in [0.1, 0.15) is 5.82 Å². The van der Waals surface area contributed by atoms with Crippen molar-refractivity contribution in [1.82, 2.24) is 0 Å². The molecule has 0 bridgehead atoms. The van der Waals surface area contributed by atoms with Crippen molar-refractivity contribution in [3.05, 3.63) is 35.6 Å². The Bertz CT molecular complexity index is 260. The summed E-state index contributed by atoms with van der Waals surface area (Å²) in [5.41, 5.74) is 0.000000000000000444. The van der Waals surface area contributed by atoms with Crippen LogP contribution in [-0.2, 0) is 4.79 Å². The highest BCUT2D eigenvalue weighted by Crippen LogP contribution is 2.14. The largest absolute Gasteiger partial charge is 0.287 e. The third-order valence-electron chi connectivity index (χ3n) is 1.24. The van der Waals surface area contributed by atoms with Crippen LogP contribution >= 0.6 is 0 Å². The predicted molar refractivity (Wildman–Crippen MR) is 35.9 cm³/mol. The minimum absolute atomic E-state index is 0.000000000000000444. The van der Waals surface area contributed by atoms with Crippen LogP contribution < -0.4 is 0 Å². The van der Waals surface area contributed by atoms with E-state index < -0.39 is 12.0 Å². The van der Waals surface area contributed by atoms with Crippen LogP contribution in [0.5, 0.6) is 0 Å². The third kappa shape index (κ3) is 1.83. The smallest absolute Gasteiger partial charge is 0.240 e. The number of halogens is 2. The first-order valence-corrected chi connectivity index (χ1v) is 3.01. The molecule has 0 N–H and O–H groups in total. The van der Waals surface area contributed by atoms with Crippen LogP contribution in [0.3, 0.4) is 0 Å². The molecule has 0 heterocycles. The topological polar surface area (TPSA) is 17.1 Å². The fraction of sp³-hybridized carbons (Fsp3) is 0.125. The zero-order valence-electron chi connectivity index (χ0n) is 5.55. The Morgan fingerprint density at radius 3 is 2.73 bits per heavy atom. The number of hydrogen-bond acceptors (Lipinski definition) is 1. The lowest BCUT2D eigenvalue weighted by molar-refractivity contribution is 0.408. The monoisotopic (exact) mass is 155 g/mol. The first-order valence-electron chi connectivity index (χ1n) is 3.01. The molecule has 1 atom stereocenters. The molecule has 1 rings (SSSR count). The van der Waals surface area contributed by atoms with E-state index in [1.165, 1.54) is 18.2 Å². The summed E-state index contributed by atoms with van der Waals surface area (Å²) in [5, 5.41) is 0. The molecule has 11 heavy (non-hydrogen) atoms. The van der Waals surface area contributed by atoms with Crippen LogP contribution in [0.2, 0.25) is 0 Å². The highest BCUT2D eigenvalue weighted by atomic mass is 19.1. The number of alkyl halides is 1. The maximum absolute atomic E-state index is 12.5. The van der Waals surface area contributed by atoms with Crippen molar-refractivity contribution in [2.45, 2.75) is 6.17 Å². The highest BCUT2D eigenvalue weighted by Gasteiger charge is 2.08. The van der Waals surface area contributed by atoms with Crippen molar-refractivity contribution in [1.29, 1.82) is 0 Å². The first kappa shape index (κ1) is 7.85. The van der Waals surface area contributed by atoms with Crippen molar-refractivity contribution in [3.63, 3.8) is 0 Å².